The first kappa shape index (κ1) is 18.7. The molecule has 1 amide bonds. The van der Waals surface area contributed by atoms with E-state index in [1.807, 2.05) is 0 Å². The SMILES string of the molecule is O=C(c1ccnc(C(F)(F)F)c1F)N1[C@H]2COC[C@@H]1c1nnc(-c3ccn[nH]3)n1C2. The molecule has 30 heavy (non-hydrogen) atoms. The Kier molecular flexibility index (Phi) is 4.10. The molecule has 1 saturated heterocycles. The number of amides is 1. The lowest BCUT2D eigenvalue weighted by Crippen LogP contribution is -2.56. The topological polar surface area (TPSA) is 102 Å². The smallest absolute Gasteiger partial charge is 0.377 e. The summed E-state index contributed by atoms with van der Waals surface area (Å²) in [6.07, 6.45) is -2.68. The van der Waals surface area contributed by atoms with E-state index in [1.54, 1.807) is 16.8 Å². The highest BCUT2D eigenvalue weighted by molar-refractivity contribution is 5.95. The van der Waals surface area contributed by atoms with Gasteiger partial charge in [-0.05, 0) is 12.1 Å². The van der Waals surface area contributed by atoms with Crippen molar-refractivity contribution in [1.29, 1.82) is 0 Å². The maximum atomic E-state index is 14.5. The van der Waals surface area contributed by atoms with Crippen molar-refractivity contribution >= 4 is 5.91 Å². The number of carbonyl (C=O) groups excluding carboxylic acids is 1. The van der Waals surface area contributed by atoms with Crippen molar-refractivity contribution in [2.75, 3.05) is 13.2 Å². The molecule has 3 aromatic heterocycles. The Morgan fingerprint density at radius 3 is 2.77 bits per heavy atom. The molecule has 5 rings (SSSR count). The summed E-state index contributed by atoms with van der Waals surface area (Å²) in [5.74, 6) is -1.66. The Bertz CT molecular complexity index is 1110. The van der Waals surface area contributed by atoms with Crippen molar-refractivity contribution in [2.24, 2.45) is 0 Å². The number of nitrogens with one attached hydrogen (secondary N) is 1. The highest BCUT2D eigenvalue weighted by atomic mass is 19.4. The number of halogens is 4. The van der Waals surface area contributed by atoms with E-state index in [0.717, 1.165) is 12.3 Å². The van der Waals surface area contributed by atoms with E-state index >= 15 is 0 Å². The fourth-order valence-electron chi connectivity index (χ4n) is 3.86. The second-order valence-corrected chi connectivity index (χ2v) is 6.90. The van der Waals surface area contributed by atoms with Gasteiger partial charge in [0, 0.05) is 18.9 Å². The Balaban J connectivity index is 1.55. The van der Waals surface area contributed by atoms with Crippen LogP contribution in [0.4, 0.5) is 17.6 Å². The molecule has 3 aromatic rings. The Morgan fingerprint density at radius 2 is 2.03 bits per heavy atom. The molecule has 5 heterocycles. The highest BCUT2D eigenvalue weighted by Crippen LogP contribution is 2.37. The monoisotopic (exact) mass is 423 g/mol. The molecule has 156 valence electrons. The van der Waals surface area contributed by atoms with Crippen LogP contribution < -0.4 is 0 Å². The van der Waals surface area contributed by atoms with Gasteiger partial charge in [-0.2, -0.15) is 18.3 Å². The number of hydrogen-bond acceptors (Lipinski definition) is 6. The summed E-state index contributed by atoms with van der Waals surface area (Å²) in [7, 11) is 0. The van der Waals surface area contributed by atoms with Gasteiger partial charge in [-0.3, -0.25) is 9.89 Å². The van der Waals surface area contributed by atoms with Crippen LogP contribution in [0, 0.1) is 5.82 Å². The van der Waals surface area contributed by atoms with E-state index in [4.69, 9.17) is 4.74 Å². The number of nitrogens with zero attached hydrogens (tertiary/aromatic N) is 6. The van der Waals surface area contributed by atoms with Crippen LogP contribution in [-0.4, -0.2) is 60.0 Å². The molecule has 0 radical (unpaired) electrons. The Labute approximate surface area is 165 Å². The van der Waals surface area contributed by atoms with E-state index in [9.17, 15) is 22.4 Å². The maximum Gasteiger partial charge on any atom is 0.436 e. The second kappa shape index (κ2) is 6.58. The summed E-state index contributed by atoms with van der Waals surface area (Å²) in [6, 6.07) is 1.39. The summed E-state index contributed by atoms with van der Waals surface area (Å²) in [6.45, 7) is 0.432. The van der Waals surface area contributed by atoms with Gasteiger partial charge in [-0.15, -0.1) is 10.2 Å². The molecule has 0 spiro atoms. The lowest BCUT2D eigenvalue weighted by molar-refractivity contribution is -0.143. The van der Waals surface area contributed by atoms with Crippen LogP contribution in [0.5, 0.6) is 0 Å². The van der Waals surface area contributed by atoms with Crippen molar-refractivity contribution in [2.45, 2.75) is 24.8 Å². The summed E-state index contributed by atoms with van der Waals surface area (Å²) >= 11 is 0. The van der Waals surface area contributed by atoms with Crippen LogP contribution in [0.3, 0.4) is 0 Å². The Hall–Kier alpha value is -3.35. The number of fused-ring (bicyclic) bond motifs is 4. The number of H-pyrrole nitrogens is 1. The molecule has 2 atom stereocenters. The third-order valence-corrected chi connectivity index (χ3v) is 5.15. The highest BCUT2D eigenvalue weighted by Gasteiger charge is 2.45. The zero-order valence-electron chi connectivity index (χ0n) is 15.1. The quantitative estimate of drug-likeness (QED) is 0.631. The van der Waals surface area contributed by atoms with E-state index in [1.165, 1.54) is 4.90 Å². The van der Waals surface area contributed by atoms with Gasteiger partial charge in [0.05, 0.1) is 24.8 Å². The average Bonchev–Trinajstić information content (AvgIpc) is 3.35. The van der Waals surface area contributed by atoms with Crippen molar-refractivity contribution in [3.63, 3.8) is 0 Å². The van der Waals surface area contributed by atoms with Crippen LogP contribution in [0.2, 0.25) is 0 Å². The van der Waals surface area contributed by atoms with E-state index in [-0.39, 0.29) is 19.8 Å². The first-order valence-corrected chi connectivity index (χ1v) is 8.91. The third-order valence-electron chi connectivity index (χ3n) is 5.15. The fraction of sp³-hybridized carbons (Fsp3) is 0.353. The molecule has 1 N–H and O–H groups in total. The van der Waals surface area contributed by atoms with Gasteiger partial charge in [-0.1, -0.05) is 0 Å². The number of rotatable bonds is 2. The minimum Gasteiger partial charge on any atom is -0.377 e. The molecule has 2 bridgehead atoms. The predicted octanol–water partition coefficient (Wildman–Crippen LogP) is 1.82. The van der Waals surface area contributed by atoms with Gasteiger partial charge >= 0.3 is 6.18 Å². The van der Waals surface area contributed by atoms with Crippen LogP contribution in [0.25, 0.3) is 11.5 Å². The molecule has 2 aliphatic rings. The second-order valence-electron chi connectivity index (χ2n) is 6.90. The summed E-state index contributed by atoms with van der Waals surface area (Å²) in [4.78, 5) is 17.5. The number of aromatic nitrogens is 6. The first-order valence-electron chi connectivity index (χ1n) is 8.91. The zero-order valence-corrected chi connectivity index (χ0v) is 15.1. The molecule has 13 heteroatoms. The molecule has 0 aromatic carbocycles. The first-order chi connectivity index (χ1) is 14.4. The number of morpholine rings is 1. The normalized spacial score (nSPS) is 20.9. The molecule has 0 saturated carbocycles. The van der Waals surface area contributed by atoms with Crippen molar-refractivity contribution < 1.29 is 27.1 Å². The number of aromatic amines is 1. The largest absolute Gasteiger partial charge is 0.436 e. The van der Waals surface area contributed by atoms with E-state index < -0.39 is 41.2 Å². The van der Waals surface area contributed by atoms with Gasteiger partial charge in [0.1, 0.15) is 11.7 Å². The minimum atomic E-state index is -5.01. The lowest BCUT2D eigenvalue weighted by Gasteiger charge is -2.45. The zero-order chi connectivity index (χ0) is 21.0. The minimum absolute atomic E-state index is 0.0577. The fourth-order valence-corrected chi connectivity index (χ4v) is 3.86. The van der Waals surface area contributed by atoms with Crippen molar-refractivity contribution in [3.05, 3.63) is 47.4 Å². The number of hydrogen-bond donors (Lipinski definition) is 1. The van der Waals surface area contributed by atoms with E-state index in [2.05, 4.69) is 25.4 Å². The van der Waals surface area contributed by atoms with Crippen LogP contribution in [-0.2, 0) is 17.5 Å². The average molecular weight is 423 g/mol. The van der Waals surface area contributed by atoms with Crippen LogP contribution >= 0.6 is 0 Å². The molecule has 1 fully saturated rings. The van der Waals surface area contributed by atoms with Gasteiger partial charge in [-0.25, -0.2) is 9.37 Å². The van der Waals surface area contributed by atoms with Crippen molar-refractivity contribution in [3.8, 4) is 11.5 Å². The number of ether oxygens (including phenoxy) is 1. The summed E-state index contributed by atoms with van der Waals surface area (Å²) < 4.78 is 60.9. The number of alkyl halides is 3. The molecular formula is C17H13F4N7O2. The Morgan fingerprint density at radius 1 is 1.20 bits per heavy atom. The predicted molar refractivity (Wildman–Crippen MR) is 90.3 cm³/mol. The van der Waals surface area contributed by atoms with E-state index in [0.29, 0.717) is 17.3 Å². The van der Waals surface area contributed by atoms with Crippen molar-refractivity contribution in [1.82, 2.24) is 34.8 Å². The van der Waals surface area contributed by atoms with Gasteiger partial charge < -0.3 is 14.2 Å². The molecular weight excluding hydrogens is 410 g/mol. The molecule has 0 unspecified atom stereocenters. The number of pyridine rings is 1. The van der Waals surface area contributed by atoms with Crippen LogP contribution in [0.1, 0.15) is 27.9 Å². The van der Waals surface area contributed by atoms with Gasteiger partial charge in [0.15, 0.2) is 23.2 Å². The van der Waals surface area contributed by atoms with Gasteiger partial charge in [0.25, 0.3) is 5.91 Å². The molecule has 0 aliphatic carbocycles. The molecule has 2 aliphatic heterocycles. The lowest BCUT2D eigenvalue weighted by atomic mass is 10.0. The third kappa shape index (κ3) is 2.76. The summed E-state index contributed by atoms with van der Waals surface area (Å²) in [5.41, 5.74) is -1.80. The van der Waals surface area contributed by atoms with Crippen LogP contribution in [0.15, 0.2) is 24.5 Å². The molecule has 9 nitrogen and oxygen atoms in total. The summed E-state index contributed by atoms with van der Waals surface area (Å²) in [5, 5.41) is 15.0. The maximum absolute atomic E-state index is 14.5. The standard InChI is InChI=1S/C17H13F4N7O2/c18-12-9(1-3-22-13(12)17(19,20)21)16(29)28-8-5-27-14(10-2-4-23-24-10)25-26-15(27)11(28)7-30-6-8/h1-4,8,11H,5-7H2,(H,23,24)/t8-,11-/m1/s1. The van der Waals surface area contributed by atoms with Gasteiger partial charge in [0.2, 0.25) is 0 Å². The number of carbonyl (C=O) groups is 1.